The smallest absolute Gasteiger partial charge is 0.410 e. The minimum Gasteiger partial charge on any atom is -0.494 e. The van der Waals surface area contributed by atoms with Crippen LogP contribution >= 0.6 is 0 Å². The normalized spacial score (nSPS) is 17.3. The van der Waals surface area contributed by atoms with Crippen molar-refractivity contribution < 1.29 is 95.3 Å². The van der Waals surface area contributed by atoms with Gasteiger partial charge in [-0.3, -0.25) is 58.5 Å². The van der Waals surface area contributed by atoms with E-state index in [0.717, 1.165) is 59.6 Å². The first-order valence-electron chi connectivity index (χ1n) is 36.7. The Morgan fingerprint density at radius 1 is 0.673 bits per heavy atom. The van der Waals surface area contributed by atoms with E-state index in [4.69, 9.17) is 68.8 Å². The molecule has 38 heteroatoms. The van der Waals surface area contributed by atoms with Gasteiger partial charge >= 0.3 is 36.1 Å². The van der Waals surface area contributed by atoms with E-state index < -0.39 is 96.0 Å². The summed E-state index contributed by atoms with van der Waals surface area (Å²) in [5.41, 5.74) is 15.2. The molecular weight excluding hydrogens is 1470 g/mol. The fraction of sp³-hybridized carbons (Fsp3) is 0.467. The van der Waals surface area contributed by atoms with Gasteiger partial charge in [-0.25, -0.2) is 24.4 Å². The molecule has 2 saturated heterocycles. The Morgan fingerprint density at radius 3 is 1.79 bits per heavy atom. The maximum atomic E-state index is 14.2. The Bertz CT molecular complexity index is 4980. The zero-order valence-corrected chi connectivity index (χ0v) is 64.8. The van der Waals surface area contributed by atoms with Crippen LogP contribution in [0.3, 0.4) is 0 Å². The molecule has 3 aliphatic heterocycles. The number of ether oxygens (including phenoxy) is 10. The number of carbonyl (C=O) groups excluding carboxylic acids is 10. The van der Waals surface area contributed by atoms with Crippen molar-refractivity contribution in [2.24, 2.45) is 11.5 Å². The minimum atomic E-state index is -1.75. The predicted octanol–water partition coefficient (Wildman–Crippen LogP) is 5.89. The molecule has 2 fully saturated rings. The largest absolute Gasteiger partial charge is 0.494 e. The molecule has 0 aliphatic carbocycles. The van der Waals surface area contributed by atoms with Gasteiger partial charge < -0.3 is 82.8 Å². The Kier molecular flexibility index (Phi) is 25.4. The number of rotatable bonds is 29. The number of nitrogens with one attached hydrogen (secondary N) is 3. The van der Waals surface area contributed by atoms with Crippen LogP contribution in [-0.4, -0.2) is 206 Å². The highest BCUT2D eigenvalue weighted by Gasteiger charge is 2.56. The number of nitrogens with two attached hydrogens (primary N) is 2. The Labute approximate surface area is 647 Å². The van der Waals surface area contributed by atoms with Crippen molar-refractivity contribution in [3.8, 4) is 17.2 Å². The second-order valence-corrected chi connectivity index (χ2v) is 28.1. The summed E-state index contributed by atoms with van der Waals surface area (Å²) >= 11 is 0. The van der Waals surface area contributed by atoms with Gasteiger partial charge in [-0.15, -0.1) is 10.2 Å². The molecule has 0 bridgehead atoms. The first kappa shape index (κ1) is 81.5. The quantitative estimate of drug-likeness (QED) is 0.0158. The fourth-order valence-electron chi connectivity index (χ4n) is 13.7. The molecular formula is C75H92N18O20. The zero-order chi connectivity index (χ0) is 81.3. The lowest BCUT2D eigenvalue weighted by molar-refractivity contribution is -0.282. The number of aryl methyl sites for hydroxylation is 4. The minimum absolute atomic E-state index is 0.00548. The topological polar surface area (TPSA) is 460 Å². The maximum Gasteiger partial charge on any atom is 0.410 e. The van der Waals surface area contributed by atoms with Gasteiger partial charge in [-0.1, -0.05) is 18.2 Å². The lowest BCUT2D eigenvalue weighted by atomic mass is 9.95. The summed E-state index contributed by atoms with van der Waals surface area (Å²) < 4.78 is 66.0. The number of nitrogens with zero attached hydrogens (tertiary/aromatic N) is 13. The fourth-order valence-corrected chi connectivity index (χ4v) is 13.7. The third-order valence-corrected chi connectivity index (χ3v) is 18.7. The number of amides is 6. The summed E-state index contributed by atoms with van der Waals surface area (Å²) in [5.74, 6) is -3.78. The van der Waals surface area contributed by atoms with Crippen LogP contribution in [0.15, 0.2) is 66.7 Å². The second kappa shape index (κ2) is 35.3. The number of anilines is 2. The standard InChI is InChI=1S/C75H92N18O20/c1-13-92-52(30-40(3)85-92)67(99)81-71-79-50-33-47(64(76)97)35-55(104-11)58(50)90(71)23-15-16-24-91-59-51(80-72(91)82-68(100)53-31-41(4)86-93(53)14-2)34-48(65(77)98)36-56(59)106-29-17-22-87-25-20-46(21-26-87)66-84-83-57-38-88(27-28-89(57)66)74(103)107-39-45-18-19-54(49(32-45)37-78-73(102)113-75(8,9)10)111-70-63(110-44(7)96)61(109-43(6)95)60(108-42(5)94)62(112-70)69(101)105-12/h15-16,18-19,30-36,46,60-63,70H,13-14,17,20-29,37-39H2,1-12H3,(H2,76,97)(H2,77,98)(H,78,102)(H,79,81,99)(H,80,82,100)/b16-15+/t60-,61-,62-,63+,70+/m0/s1. The summed E-state index contributed by atoms with van der Waals surface area (Å²) in [6.07, 6.45) is -4.07. The number of imidazole rings is 2. The molecule has 5 atom stereocenters. The van der Waals surface area contributed by atoms with E-state index >= 15 is 0 Å². The molecule has 3 aromatic carbocycles. The SMILES string of the molecule is CCn1nc(C)cc1C(=O)Nc1nc2cc(C(N)=O)cc(OC)c2n1C/C=C/Cn1c(NC(=O)c2cc(C)nn2CC)nc2cc(C(N)=O)cc(OCCCN3CCC(c4nnc5n4CCN(C(=O)OCc4ccc(O[C@@H]6O[C@H](C(=O)OC)[C@@H](OC(C)=O)[C@H](OC(C)=O)[C@H]6OC(C)=O)c(CNC(=O)OC(C)(C)C)c4)C5)CC3)c21. The van der Waals surface area contributed by atoms with Crippen molar-refractivity contribution in [1.29, 1.82) is 0 Å². The number of piperidine rings is 1. The monoisotopic (exact) mass is 1560 g/mol. The van der Waals surface area contributed by atoms with Crippen LogP contribution in [0, 0.1) is 13.8 Å². The van der Waals surface area contributed by atoms with Gasteiger partial charge in [0.1, 0.15) is 57.7 Å². The number of allylic oxidation sites excluding steroid dienone is 2. The second-order valence-electron chi connectivity index (χ2n) is 28.1. The maximum absolute atomic E-state index is 14.2. The number of primary amides is 2. The number of alkyl carbamates (subject to hydrolysis) is 1. The summed E-state index contributed by atoms with van der Waals surface area (Å²) in [7, 11) is 2.50. The Morgan fingerprint density at radius 2 is 1.24 bits per heavy atom. The zero-order valence-electron chi connectivity index (χ0n) is 64.8. The molecule has 602 valence electrons. The van der Waals surface area contributed by atoms with E-state index in [9.17, 15) is 47.9 Å². The number of hydrogen-bond acceptors (Lipinski definition) is 27. The van der Waals surface area contributed by atoms with Crippen LogP contribution in [0.1, 0.15) is 156 Å². The molecule has 3 aliphatic rings. The number of benzene rings is 3. The van der Waals surface area contributed by atoms with Gasteiger partial charge in [0.25, 0.3) is 11.8 Å². The number of aromatic nitrogens is 11. The molecule has 113 heavy (non-hydrogen) atoms. The molecule has 0 radical (unpaired) electrons. The average Bonchev–Trinajstić information content (AvgIpc) is 1.76. The Hall–Kier alpha value is -12.5. The molecule has 0 spiro atoms. The molecule has 5 aromatic heterocycles. The molecule has 0 unspecified atom stereocenters. The first-order valence-corrected chi connectivity index (χ1v) is 36.7. The van der Waals surface area contributed by atoms with E-state index in [1.165, 1.54) is 36.3 Å². The number of methoxy groups -OCH3 is 2. The number of carbonyl (C=O) groups is 10. The van der Waals surface area contributed by atoms with Crippen LogP contribution in [-0.2, 0) is 105 Å². The lowest BCUT2D eigenvalue weighted by Gasteiger charge is -2.43. The van der Waals surface area contributed by atoms with Crippen molar-refractivity contribution in [3.63, 3.8) is 0 Å². The molecule has 0 saturated carbocycles. The number of likely N-dealkylation sites (tertiary alicyclic amines) is 1. The van der Waals surface area contributed by atoms with Crippen LogP contribution in [0.25, 0.3) is 22.1 Å². The summed E-state index contributed by atoms with van der Waals surface area (Å²) in [6, 6.07) is 14.0. The molecule has 7 N–H and O–H groups in total. The lowest BCUT2D eigenvalue weighted by Crippen LogP contribution is -2.64. The van der Waals surface area contributed by atoms with Gasteiger partial charge in [0.15, 0.2) is 24.1 Å². The molecule has 8 aromatic rings. The highest BCUT2D eigenvalue weighted by atomic mass is 16.7. The number of esters is 4. The van der Waals surface area contributed by atoms with Gasteiger partial charge in [-0.05, 0) is 135 Å². The number of hydrogen-bond donors (Lipinski definition) is 5. The van der Waals surface area contributed by atoms with Crippen LogP contribution in [0.4, 0.5) is 21.5 Å². The van der Waals surface area contributed by atoms with Crippen molar-refractivity contribution >= 4 is 93.7 Å². The molecule has 38 nitrogen and oxygen atoms in total. The highest BCUT2D eigenvalue weighted by molar-refractivity contribution is 6.05. The van der Waals surface area contributed by atoms with Gasteiger partial charge in [0.05, 0.1) is 49.8 Å². The predicted molar refractivity (Wildman–Crippen MR) is 400 cm³/mol. The summed E-state index contributed by atoms with van der Waals surface area (Å²) in [6.45, 7) is 19.2. The summed E-state index contributed by atoms with van der Waals surface area (Å²) in [5, 5.41) is 26.6. The van der Waals surface area contributed by atoms with Gasteiger partial charge in [0.2, 0.25) is 36.1 Å². The van der Waals surface area contributed by atoms with Crippen LogP contribution in [0.2, 0.25) is 0 Å². The molecule has 11 rings (SSSR count). The van der Waals surface area contributed by atoms with Crippen molar-refractivity contribution in [3.05, 3.63) is 123 Å². The van der Waals surface area contributed by atoms with Crippen molar-refractivity contribution in [1.82, 2.24) is 68.5 Å². The van der Waals surface area contributed by atoms with E-state index in [0.29, 0.717) is 88.8 Å². The third kappa shape index (κ3) is 19.3. The Balaban J connectivity index is 0.744. The molecule has 8 heterocycles. The van der Waals surface area contributed by atoms with Crippen LogP contribution in [0.5, 0.6) is 17.2 Å². The van der Waals surface area contributed by atoms with E-state index in [2.05, 4.69) is 41.2 Å². The highest BCUT2D eigenvalue weighted by Crippen LogP contribution is 2.37. The van der Waals surface area contributed by atoms with Crippen LogP contribution < -0.4 is 41.6 Å². The van der Waals surface area contributed by atoms with E-state index in [-0.39, 0.29) is 97.7 Å². The summed E-state index contributed by atoms with van der Waals surface area (Å²) in [4.78, 5) is 144. The van der Waals surface area contributed by atoms with Gasteiger partial charge in [-0.2, -0.15) is 10.2 Å². The third-order valence-electron chi connectivity index (χ3n) is 18.7. The van der Waals surface area contributed by atoms with E-state index in [1.807, 2.05) is 30.6 Å². The van der Waals surface area contributed by atoms with Gasteiger partial charge in [0, 0.05) is 95.7 Å². The first-order chi connectivity index (χ1) is 53.9. The molecule has 6 amide bonds. The van der Waals surface area contributed by atoms with Crippen molar-refractivity contribution in [2.75, 3.05) is 57.6 Å². The van der Waals surface area contributed by atoms with Crippen molar-refractivity contribution in [2.45, 2.75) is 183 Å². The van der Waals surface area contributed by atoms with E-state index in [1.54, 1.807) is 83.4 Å². The number of fused-ring (bicyclic) bond motifs is 3. The average molecular weight is 1570 g/mol.